The molecule has 0 saturated carbocycles. The number of ether oxygens (including phenoxy) is 1. The number of aryl methyl sites for hydroxylation is 1. The lowest BCUT2D eigenvalue weighted by Crippen LogP contribution is -2.27. The molecule has 1 aromatic heterocycles. The Balaban J connectivity index is 2.15. The van der Waals surface area contributed by atoms with Gasteiger partial charge in [-0.25, -0.2) is 14.8 Å². The molecule has 25 heavy (non-hydrogen) atoms. The molecule has 0 bridgehead atoms. The molecule has 0 spiro atoms. The zero-order chi connectivity index (χ0) is 18.4. The third kappa shape index (κ3) is 5.91. The lowest BCUT2D eigenvalue weighted by molar-refractivity contribution is 0.0636. The third-order valence-electron chi connectivity index (χ3n) is 3.12. The van der Waals surface area contributed by atoms with Crippen molar-refractivity contribution in [2.75, 3.05) is 10.6 Å². The first-order chi connectivity index (χ1) is 11.8. The Kier molecular flexibility index (Phi) is 5.75. The average Bonchev–Trinajstić information content (AvgIpc) is 2.48. The van der Waals surface area contributed by atoms with Gasteiger partial charge in [-0.15, -0.1) is 6.58 Å². The first-order valence-electron chi connectivity index (χ1n) is 8.07. The van der Waals surface area contributed by atoms with Crippen molar-refractivity contribution in [2.24, 2.45) is 0 Å². The number of carbonyl (C=O) groups excluding carboxylic acids is 1. The van der Waals surface area contributed by atoms with E-state index in [9.17, 15) is 4.79 Å². The molecule has 132 valence electrons. The fourth-order valence-electron chi connectivity index (χ4n) is 2.14. The van der Waals surface area contributed by atoms with E-state index in [2.05, 4.69) is 27.2 Å². The second-order valence-electron chi connectivity index (χ2n) is 6.62. The fourth-order valence-corrected chi connectivity index (χ4v) is 2.14. The van der Waals surface area contributed by atoms with Crippen molar-refractivity contribution in [3.05, 3.63) is 54.5 Å². The Bertz CT molecular complexity index is 766. The molecular weight excluding hydrogens is 316 g/mol. The summed E-state index contributed by atoms with van der Waals surface area (Å²) < 4.78 is 5.26. The number of aromatic nitrogens is 2. The van der Waals surface area contributed by atoms with Crippen LogP contribution in [0.4, 0.5) is 22.0 Å². The number of anilines is 3. The Morgan fingerprint density at radius 3 is 2.72 bits per heavy atom. The van der Waals surface area contributed by atoms with E-state index in [0.717, 1.165) is 17.1 Å². The molecule has 0 radical (unpaired) electrons. The molecule has 0 atom stereocenters. The lowest BCUT2D eigenvalue weighted by atomic mass is 10.2. The number of rotatable bonds is 5. The first-order valence-corrected chi connectivity index (χ1v) is 8.07. The molecule has 6 heteroatoms. The summed E-state index contributed by atoms with van der Waals surface area (Å²) in [6, 6.07) is 7.36. The third-order valence-corrected chi connectivity index (χ3v) is 3.12. The minimum atomic E-state index is -0.544. The van der Waals surface area contributed by atoms with E-state index >= 15 is 0 Å². The van der Waals surface area contributed by atoms with Crippen molar-refractivity contribution in [1.82, 2.24) is 9.97 Å². The van der Waals surface area contributed by atoms with E-state index < -0.39 is 11.7 Å². The molecule has 0 aliphatic rings. The van der Waals surface area contributed by atoms with Crippen molar-refractivity contribution >= 4 is 23.3 Å². The van der Waals surface area contributed by atoms with Crippen molar-refractivity contribution < 1.29 is 9.53 Å². The van der Waals surface area contributed by atoms with E-state index in [1.807, 2.05) is 45.9 Å². The van der Waals surface area contributed by atoms with Crippen LogP contribution >= 0.6 is 0 Å². The van der Waals surface area contributed by atoms with Gasteiger partial charge in [-0.3, -0.25) is 5.32 Å². The molecule has 1 heterocycles. The second kappa shape index (κ2) is 7.79. The predicted molar refractivity (Wildman–Crippen MR) is 100 cm³/mol. The van der Waals surface area contributed by atoms with E-state index in [4.69, 9.17) is 4.74 Å². The number of benzene rings is 1. The minimum Gasteiger partial charge on any atom is -0.444 e. The molecule has 0 aliphatic heterocycles. The number of allylic oxidation sites excluding steroid dienone is 1. The summed E-state index contributed by atoms with van der Waals surface area (Å²) in [5, 5.41) is 5.99. The molecule has 2 rings (SSSR count). The lowest BCUT2D eigenvalue weighted by Gasteiger charge is -2.20. The van der Waals surface area contributed by atoms with Gasteiger partial charge in [-0.1, -0.05) is 12.1 Å². The number of nitrogens with zero attached hydrogens (tertiary/aromatic N) is 2. The van der Waals surface area contributed by atoms with Crippen molar-refractivity contribution in [2.45, 2.75) is 39.7 Å². The summed E-state index contributed by atoms with van der Waals surface area (Å²) in [7, 11) is 0. The standard InChI is InChI=1S/C19H24N4O2/c1-6-8-14-12-20-13(2)21-17(14)22-15-9-7-10-16(11-15)23-18(24)25-19(3,4)5/h6-7,9-12H,1,8H2,2-5H3,(H,23,24)(H,20,21,22). The van der Waals surface area contributed by atoms with Gasteiger partial charge in [0.25, 0.3) is 0 Å². The summed E-state index contributed by atoms with van der Waals surface area (Å²) in [5.41, 5.74) is 1.84. The molecule has 1 aromatic carbocycles. The summed E-state index contributed by atoms with van der Waals surface area (Å²) >= 11 is 0. The summed E-state index contributed by atoms with van der Waals surface area (Å²) in [5.74, 6) is 1.40. The smallest absolute Gasteiger partial charge is 0.412 e. The number of hydrogen-bond donors (Lipinski definition) is 2. The fraction of sp³-hybridized carbons (Fsp3) is 0.316. The molecular formula is C19H24N4O2. The SMILES string of the molecule is C=CCc1cnc(C)nc1Nc1cccc(NC(=O)OC(C)(C)C)c1. The van der Waals surface area contributed by atoms with E-state index in [-0.39, 0.29) is 0 Å². The van der Waals surface area contributed by atoms with Crippen LogP contribution < -0.4 is 10.6 Å². The van der Waals surface area contributed by atoms with Gasteiger partial charge in [0.1, 0.15) is 17.2 Å². The zero-order valence-corrected chi connectivity index (χ0v) is 15.1. The normalized spacial score (nSPS) is 10.9. The van der Waals surface area contributed by atoms with Crippen molar-refractivity contribution in [3.63, 3.8) is 0 Å². The highest BCUT2D eigenvalue weighted by molar-refractivity contribution is 5.85. The van der Waals surface area contributed by atoms with Crippen LogP contribution in [0.25, 0.3) is 0 Å². The monoisotopic (exact) mass is 340 g/mol. The number of amides is 1. The van der Waals surface area contributed by atoms with Crippen LogP contribution in [0.5, 0.6) is 0 Å². The highest BCUT2D eigenvalue weighted by atomic mass is 16.6. The quantitative estimate of drug-likeness (QED) is 0.778. The maximum atomic E-state index is 11.9. The second-order valence-corrected chi connectivity index (χ2v) is 6.62. The predicted octanol–water partition coefficient (Wildman–Crippen LogP) is 4.60. The van der Waals surface area contributed by atoms with Crippen LogP contribution in [-0.2, 0) is 11.2 Å². The van der Waals surface area contributed by atoms with Gasteiger partial charge in [0.2, 0.25) is 0 Å². The number of carbonyl (C=O) groups is 1. The summed E-state index contributed by atoms with van der Waals surface area (Å²) in [6.45, 7) is 11.1. The van der Waals surface area contributed by atoms with Crippen LogP contribution in [-0.4, -0.2) is 21.7 Å². The Morgan fingerprint density at radius 2 is 2.04 bits per heavy atom. The van der Waals surface area contributed by atoms with Crippen LogP contribution in [0, 0.1) is 6.92 Å². The van der Waals surface area contributed by atoms with Gasteiger partial charge in [0.15, 0.2) is 0 Å². The van der Waals surface area contributed by atoms with E-state index in [1.54, 1.807) is 18.3 Å². The first kappa shape index (κ1) is 18.4. The average molecular weight is 340 g/mol. The van der Waals surface area contributed by atoms with Gasteiger partial charge in [-0.2, -0.15) is 0 Å². The van der Waals surface area contributed by atoms with Gasteiger partial charge < -0.3 is 10.1 Å². The molecule has 0 saturated heterocycles. The topological polar surface area (TPSA) is 76.1 Å². The Morgan fingerprint density at radius 1 is 1.32 bits per heavy atom. The Hall–Kier alpha value is -2.89. The molecule has 0 unspecified atom stereocenters. The minimum absolute atomic E-state index is 0.491. The molecule has 2 aromatic rings. The molecule has 1 amide bonds. The molecule has 0 fully saturated rings. The maximum absolute atomic E-state index is 11.9. The van der Waals surface area contributed by atoms with Gasteiger partial charge in [0.05, 0.1) is 0 Å². The zero-order valence-electron chi connectivity index (χ0n) is 15.1. The van der Waals surface area contributed by atoms with Crippen LogP contribution in [0.2, 0.25) is 0 Å². The van der Waals surface area contributed by atoms with Crippen molar-refractivity contribution in [3.8, 4) is 0 Å². The van der Waals surface area contributed by atoms with Crippen molar-refractivity contribution in [1.29, 1.82) is 0 Å². The van der Waals surface area contributed by atoms with Gasteiger partial charge in [0, 0.05) is 23.1 Å². The van der Waals surface area contributed by atoms with E-state index in [1.165, 1.54) is 0 Å². The van der Waals surface area contributed by atoms with E-state index in [0.29, 0.717) is 17.9 Å². The maximum Gasteiger partial charge on any atom is 0.412 e. The van der Waals surface area contributed by atoms with Crippen LogP contribution in [0.1, 0.15) is 32.2 Å². The number of nitrogens with one attached hydrogen (secondary N) is 2. The summed E-state index contributed by atoms with van der Waals surface area (Å²) in [6.07, 6.45) is 3.77. The van der Waals surface area contributed by atoms with Gasteiger partial charge in [-0.05, 0) is 52.3 Å². The largest absolute Gasteiger partial charge is 0.444 e. The highest BCUT2D eigenvalue weighted by Crippen LogP contribution is 2.22. The number of hydrogen-bond acceptors (Lipinski definition) is 5. The van der Waals surface area contributed by atoms with Gasteiger partial charge >= 0.3 is 6.09 Å². The molecule has 2 N–H and O–H groups in total. The van der Waals surface area contributed by atoms with Crippen LogP contribution in [0.15, 0.2) is 43.1 Å². The Labute approximate surface area is 148 Å². The molecule has 0 aliphatic carbocycles. The van der Waals surface area contributed by atoms with Crippen LogP contribution in [0.3, 0.4) is 0 Å². The summed E-state index contributed by atoms with van der Waals surface area (Å²) in [4.78, 5) is 20.6. The highest BCUT2D eigenvalue weighted by Gasteiger charge is 2.16. The molecule has 6 nitrogen and oxygen atoms in total.